The number of ether oxygens (including phenoxy) is 1. The molecule has 1 N–H and O–H groups in total. The number of aromatic hydroxyl groups is 1. The molecule has 1 heterocycles. The zero-order chi connectivity index (χ0) is 17.8. The number of rotatable bonds is 5. The fourth-order valence-electron chi connectivity index (χ4n) is 2.47. The summed E-state index contributed by atoms with van der Waals surface area (Å²) in [5.41, 5.74) is 1.77. The maximum absolute atomic E-state index is 11.1. The molecule has 25 heavy (non-hydrogen) atoms. The van der Waals surface area contributed by atoms with Gasteiger partial charge in [0.2, 0.25) is 0 Å². The van der Waals surface area contributed by atoms with Crippen molar-refractivity contribution >= 4 is 28.7 Å². The van der Waals surface area contributed by atoms with Crippen LogP contribution in [0, 0.1) is 10.1 Å². The molecule has 0 fully saturated rings. The molecule has 0 aliphatic heterocycles. The van der Waals surface area contributed by atoms with Crippen molar-refractivity contribution in [3.8, 4) is 11.5 Å². The predicted molar refractivity (Wildman–Crippen MR) is 96.6 cm³/mol. The van der Waals surface area contributed by atoms with Crippen molar-refractivity contribution in [2.24, 2.45) is 0 Å². The molecular weight excluding hydrogens is 320 g/mol. The van der Waals surface area contributed by atoms with Crippen molar-refractivity contribution in [2.45, 2.75) is 6.92 Å². The van der Waals surface area contributed by atoms with Gasteiger partial charge in [0.1, 0.15) is 5.52 Å². The van der Waals surface area contributed by atoms with E-state index in [4.69, 9.17) is 4.74 Å². The monoisotopic (exact) mass is 336 g/mol. The van der Waals surface area contributed by atoms with Crippen LogP contribution in [0.15, 0.2) is 48.5 Å². The Morgan fingerprint density at radius 3 is 2.80 bits per heavy atom. The summed E-state index contributed by atoms with van der Waals surface area (Å²) in [4.78, 5) is 15.1. The van der Waals surface area contributed by atoms with Gasteiger partial charge in [-0.1, -0.05) is 30.3 Å². The largest absolute Gasteiger partial charge is 0.504 e. The van der Waals surface area contributed by atoms with Gasteiger partial charge in [0.15, 0.2) is 11.5 Å². The van der Waals surface area contributed by atoms with E-state index in [0.29, 0.717) is 23.6 Å². The zero-order valence-electron chi connectivity index (χ0n) is 13.5. The first-order valence-corrected chi connectivity index (χ1v) is 7.76. The van der Waals surface area contributed by atoms with E-state index in [2.05, 4.69) is 4.98 Å². The molecule has 3 rings (SSSR count). The van der Waals surface area contributed by atoms with Crippen LogP contribution in [0.5, 0.6) is 11.5 Å². The Morgan fingerprint density at radius 2 is 2.04 bits per heavy atom. The second-order valence-electron chi connectivity index (χ2n) is 5.34. The third kappa shape index (κ3) is 3.58. The summed E-state index contributed by atoms with van der Waals surface area (Å²) in [5, 5.41) is 21.6. The molecule has 0 unspecified atom stereocenters. The van der Waals surface area contributed by atoms with Gasteiger partial charge in [0.25, 0.3) is 5.69 Å². The van der Waals surface area contributed by atoms with Crippen molar-refractivity contribution in [3.05, 3.63) is 69.9 Å². The molecule has 0 atom stereocenters. The van der Waals surface area contributed by atoms with E-state index in [1.54, 1.807) is 48.5 Å². The van der Waals surface area contributed by atoms with E-state index in [1.165, 1.54) is 6.07 Å². The lowest BCUT2D eigenvalue weighted by atomic mass is 10.1. The standard InChI is InChI=1S/C19H16N2O4/c1-2-25-18-12-13(7-11-17(18)22)6-9-15-10-8-14-4-3-5-16(21(23)24)19(14)20-15/h3-12,22H,2H2,1H3. The summed E-state index contributed by atoms with van der Waals surface area (Å²) in [6.07, 6.45) is 3.57. The second kappa shape index (κ2) is 7.00. The van der Waals surface area contributed by atoms with E-state index in [9.17, 15) is 15.2 Å². The number of fused-ring (bicyclic) bond motifs is 1. The predicted octanol–water partition coefficient (Wildman–Crippen LogP) is 4.42. The van der Waals surface area contributed by atoms with Gasteiger partial charge in [0, 0.05) is 11.5 Å². The number of nitrogens with zero attached hydrogens (tertiary/aromatic N) is 2. The van der Waals surface area contributed by atoms with Gasteiger partial charge in [-0.2, -0.15) is 0 Å². The highest BCUT2D eigenvalue weighted by Crippen LogP contribution is 2.28. The Balaban J connectivity index is 1.95. The Morgan fingerprint density at radius 1 is 1.20 bits per heavy atom. The lowest BCUT2D eigenvalue weighted by Crippen LogP contribution is -1.93. The minimum Gasteiger partial charge on any atom is -0.504 e. The third-order valence-corrected chi connectivity index (χ3v) is 3.65. The molecule has 0 radical (unpaired) electrons. The van der Waals surface area contributed by atoms with E-state index < -0.39 is 4.92 Å². The van der Waals surface area contributed by atoms with Gasteiger partial charge in [-0.25, -0.2) is 4.98 Å². The molecule has 126 valence electrons. The molecule has 0 amide bonds. The number of benzene rings is 2. The van der Waals surface area contributed by atoms with Gasteiger partial charge < -0.3 is 9.84 Å². The minimum atomic E-state index is -0.433. The van der Waals surface area contributed by atoms with Crippen LogP contribution in [0.4, 0.5) is 5.69 Å². The first kappa shape index (κ1) is 16.4. The van der Waals surface area contributed by atoms with Crippen LogP contribution in [0.3, 0.4) is 0 Å². The topological polar surface area (TPSA) is 85.5 Å². The highest BCUT2D eigenvalue weighted by Gasteiger charge is 2.12. The Labute approximate surface area is 144 Å². The summed E-state index contributed by atoms with van der Waals surface area (Å²) in [5.74, 6) is 0.491. The molecule has 6 heteroatoms. The van der Waals surface area contributed by atoms with Gasteiger partial charge >= 0.3 is 0 Å². The summed E-state index contributed by atoms with van der Waals surface area (Å²) < 4.78 is 5.35. The molecule has 0 aliphatic carbocycles. The Hall–Kier alpha value is -3.41. The number of nitro groups is 1. The molecule has 0 saturated carbocycles. The SMILES string of the molecule is CCOc1cc(C=Cc2ccc3cccc([N+](=O)[O-])c3n2)ccc1O. The summed E-state index contributed by atoms with van der Waals surface area (Å²) >= 11 is 0. The van der Waals surface area contributed by atoms with Gasteiger partial charge in [0.05, 0.1) is 17.2 Å². The quantitative estimate of drug-likeness (QED) is 0.551. The average Bonchev–Trinajstić information content (AvgIpc) is 2.61. The number of non-ortho nitro benzene ring substituents is 1. The number of aromatic nitrogens is 1. The molecular formula is C19H16N2O4. The normalized spacial score (nSPS) is 11.1. The Bertz CT molecular complexity index is 967. The minimum absolute atomic E-state index is 0.0176. The first-order chi connectivity index (χ1) is 12.1. The average molecular weight is 336 g/mol. The van der Waals surface area contributed by atoms with E-state index in [0.717, 1.165) is 10.9 Å². The molecule has 0 bridgehead atoms. The number of para-hydroxylation sites is 1. The van der Waals surface area contributed by atoms with Gasteiger partial charge in [-0.3, -0.25) is 10.1 Å². The van der Waals surface area contributed by atoms with Crippen LogP contribution >= 0.6 is 0 Å². The van der Waals surface area contributed by atoms with Crippen LogP contribution in [0.25, 0.3) is 23.1 Å². The second-order valence-corrected chi connectivity index (χ2v) is 5.34. The van der Waals surface area contributed by atoms with Gasteiger partial charge in [-0.05, 0) is 36.8 Å². The molecule has 1 aromatic heterocycles. The van der Waals surface area contributed by atoms with Crippen molar-refractivity contribution in [2.75, 3.05) is 6.61 Å². The summed E-state index contributed by atoms with van der Waals surface area (Å²) in [6, 6.07) is 13.5. The van der Waals surface area contributed by atoms with E-state index in [1.807, 2.05) is 13.0 Å². The first-order valence-electron chi connectivity index (χ1n) is 7.76. The van der Waals surface area contributed by atoms with Crippen LogP contribution in [0.2, 0.25) is 0 Å². The number of hydrogen-bond donors (Lipinski definition) is 1. The maximum Gasteiger partial charge on any atom is 0.295 e. The number of hydrogen-bond acceptors (Lipinski definition) is 5. The van der Waals surface area contributed by atoms with Crippen LogP contribution < -0.4 is 4.74 Å². The lowest BCUT2D eigenvalue weighted by molar-refractivity contribution is -0.383. The zero-order valence-corrected chi connectivity index (χ0v) is 13.5. The number of nitro benzene ring substituents is 1. The van der Waals surface area contributed by atoms with Crippen molar-refractivity contribution in [1.82, 2.24) is 4.98 Å². The third-order valence-electron chi connectivity index (χ3n) is 3.65. The number of phenolic OH excluding ortho intramolecular Hbond substituents is 1. The smallest absolute Gasteiger partial charge is 0.295 e. The Kier molecular flexibility index (Phi) is 4.61. The number of pyridine rings is 1. The summed E-state index contributed by atoms with van der Waals surface area (Å²) in [7, 11) is 0. The molecule has 3 aromatic rings. The maximum atomic E-state index is 11.1. The van der Waals surface area contributed by atoms with Gasteiger partial charge in [-0.15, -0.1) is 0 Å². The van der Waals surface area contributed by atoms with Crippen molar-refractivity contribution in [3.63, 3.8) is 0 Å². The lowest BCUT2D eigenvalue weighted by Gasteiger charge is -2.06. The molecule has 0 saturated heterocycles. The molecule has 6 nitrogen and oxygen atoms in total. The fourth-order valence-corrected chi connectivity index (χ4v) is 2.47. The number of phenols is 1. The van der Waals surface area contributed by atoms with Crippen LogP contribution in [-0.4, -0.2) is 21.6 Å². The van der Waals surface area contributed by atoms with Crippen molar-refractivity contribution < 1.29 is 14.8 Å². The molecule has 0 aliphatic rings. The van der Waals surface area contributed by atoms with Crippen LogP contribution in [0.1, 0.15) is 18.2 Å². The summed E-state index contributed by atoms with van der Waals surface area (Å²) in [6.45, 7) is 2.30. The molecule has 0 spiro atoms. The van der Waals surface area contributed by atoms with Crippen LogP contribution in [-0.2, 0) is 0 Å². The van der Waals surface area contributed by atoms with E-state index in [-0.39, 0.29) is 11.4 Å². The highest BCUT2D eigenvalue weighted by atomic mass is 16.6. The highest BCUT2D eigenvalue weighted by molar-refractivity contribution is 5.88. The fraction of sp³-hybridized carbons (Fsp3) is 0.105. The van der Waals surface area contributed by atoms with E-state index >= 15 is 0 Å². The molecule has 2 aromatic carbocycles. The van der Waals surface area contributed by atoms with Crippen molar-refractivity contribution in [1.29, 1.82) is 0 Å².